The van der Waals surface area contributed by atoms with Crippen molar-refractivity contribution >= 4 is 17.9 Å². The van der Waals surface area contributed by atoms with Crippen LogP contribution < -0.4 is 0 Å². The monoisotopic (exact) mass is 332 g/mol. The average Bonchev–Trinajstić information content (AvgIpc) is 3.26. The normalized spacial score (nSPS) is 25.0. The first kappa shape index (κ1) is 15.5. The van der Waals surface area contributed by atoms with Crippen LogP contribution in [0.5, 0.6) is 0 Å². The van der Waals surface area contributed by atoms with Crippen LogP contribution in [-0.2, 0) is 14.6 Å². The molecule has 1 heterocycles. The molecule has 116 valence electrons. The lowest BCUT2D eigenvalue weighted by Crippen LogP contribution is -2.48. The van der Waals surface area contributed by atoms with Crippen LogP contribution >= 0.6 is 0 Å². The Morgan fingerprint density at radius 3 is 1.91 bits per heavy atom. The van der Waals surface area contributed by atoms with Gasteiger partial charge >= 0.3 is 0 Å². The molecule has 1 saturated heterocycles. The number of ether oxygens (including phenoxy) is 1. The van der Waals surface area contributed by atoms with Crippen LogP contribution in [0.15, 0.2) is 65.6 Å². The molecule has 0 saturated carbocycles. The van der Waals surface area contributed by atoms with E-state index in [-0.39, 0.29) is 6.10 Å². The van der Waals surface area contributed by atoms with Gasteiger partial charge in [0.25, 0.3) is 0 Å². The highest BCUT2D eigenvalue weighted by molar-refractivity contribution is 7.95. The van der Waals surface area contributed by atoms with Crippen LogP contribution in [0, 0.1) is 0 Å². The van der Waals surface area contributed by atoms with Crippen molar-refractivity contribution in [2.24, 2.45) is 0 Å². The summed E-state index contributed by atoms with van der Waals surface area (Å²) in [6.45, 7) is 6.16. The van der Waals surface area contributed by atoms with Crippen LogP contribution in [-0.4, -0.2) is 21.0 Å². The van der Waals surface area contributed by atoms with Crippen LogP contribution in [0.2, 0.25) is 19.6 Å². The van der Waals surface area contributed by atoms with Gasteiger partial charge in [-0.15, -0.1) is 0 Å². The number of benzene rings is 2. The summed E-state index contributed by atoms with van der Waals surface area (Å²) in [6.07, 6.45) is -0.370. The van der Waals surface area contributed by atoms with E-state index >= 15 is 0 Å². The first-order valence-corrected chi connectivity index (χ1v) is 12.3. The Labute approximate surface area is 132 Å². The predicted octanol–water partition coefficient (Wildman–Crippen LogP) is 3.81. The molecule has 0 unspecified atom stereocenters. The average molecular weight is 332 g/mol. The summed E-state index contributed by atoms with van der Waals surface area (Å²) in [5, 5.41) is 0. The van der Waals surface area contributed by atoms with Gasteiger partial charge in [0.1, 0.15) is 14.2 Å². The smallest absolute Gasteiger partial charge is 0.207 e. The maximum Gasteiger partial charge on any atom is 0.207 e. The van der Waals surface area contributed by atoms with Gasteiger partial charge in [0.2, 0.25) is 9.84 Å². The highest BCUT2D eigenvalue weighted by Gasteiger charge is 2.73. The van der Waals surface area contributed by atoms with E-state index in [4.69, 9.17) is 4.74 Å². The first-order chi connectivity index (χ1) is 10.3. The fraction of sp³-hybridized carbons (Fsp3) is 0.294. The van der Waals surface area contributed by atoms with Gasteiger partial charge in [-0.25, -0.2) is 8.42 Å². The molecule has 2 atom stereocenters. The summed E-state index contributed by atoms with van der Waals surface area (Å²) in [6, 6.07) is 18.3. The second-order valence-corrected chi connectivity index (χ2v) is 14.3. The highest BCUT2D eigenvalue weighted by Crippen LogP contribution is 2.60. The Hall–Kier alpha value is -1.43. The number of hydrogen-bond acceptors (Lipinski definition) is 3. The largest absolute Gasteiger partial charge is 0.348 e. The van der Waals surface area contributed by atoms with Crippen molar-refractivity contribution in [2.45, 2.75) is 35.2 Å². The van der Waals surface area contributed by atoms with Crippen LogP contribution in [0.1, 0.15) is 11.7 Å². The summed E-state index contributed by atoms with van der Waals surface area (Å²) in [4.78, 5) is 0.343. The van der Waals surface area contributed by atoms with Crippen molar-refractivity contribution in [3.8, 4) is 0 Å². The van der Waals surface area contributed by atoms with Gasteiger partial charge in [0.05, 0.1) is 4.90 Å². The third kappa shape index (κ3) is 2.15. The van der Waals surface area contributed by atoms with Crippen molar-refractivity contribution in [1.82, 2.24) is 0 Å². The molecular weight excluding hydrogens is 312 g/mol. The van der Waals surface area contributed by atoms with Crippen LogP contribution in [0.3, 0.4) is 0 Å². The van der Waals surface area contributed by atoms with Gasteiger partial charge < -0.3 is 4.74 Å². The van der Waals surface area contributed by atoms with E-state index < -0.39 is 22.5 Å². The van der Waals surface area contributed by atoms with Gasteiger partial charge in [-0.05, 0) is 17.7 Å². The molecular formula is C17H20O3SSi. The predicted molar refractivity (Wildman–Crippen MR) is 90.0 cm³/mol. The molecule has 0 amide bonds. The highest BCUT2D eigenvalue weighted by atomic mass is 32.2. The molecule has 1 fully saturated rings. The molecule has 3 rings (SSSR count). The Bertz CT molecular complexity index is 767. The van der Waals surface area contributed by atoms with E-state index in [0.29, 0.717) is 4.90 Å². The summed E-state index contributed by atoms with van der Waals surface area (Å²) < 4.78 is 31.4. The lowest BCUT2D eigenvalue weighted by molar-refractivity contribution is 0.380. The molecule has 3 nitrogen and oxygen atoms in total. The number of hydrogen-bond donors (Lipinski definition) is 0. The lowest BCUT2D eigenvalue weighted by Gasteiger charge is -2.26. The second kappa shape index (κ2) is 5.04. The molecule has 0 spiro atoms. The van der Waals surface area contributed by atoms with Crippen molar-refractivity contribution < 1.29 is 13.2 Å². The Morgan fingerprint density at radius 1 is 0.909 bits per heavy atom. The molecule has 1 aliphatic rings. The number of rotatable bonds is 4. The van der Waals surface area contributed by atoms with E-state index in [2.05, 4.69) is 19.6 Å². The maximum absolute atomic E-state index is 13.3. The Balaban J connectivity index is 2.12. The summed E-state index contributed by atoms with van der Waals surface area (Å²) >= 11 is 0. The van der Waals surface area contributed by atoms with Crippen LogP contribution in [0.25, 0.3) is 0 Å². The number of sulfone groups is 1. The summed E-state index contributed by atoms with van der Waals surface area (Å²) in [5.74, 6) is 0. The zero-order valence-electron chi connectivity index (χ0n) is 13.0. The molecule has 2 aromatic carbocycles. The van der Waals surface area contributed by atoms with Crippen LogP contribution in [0.4, 0.5) is 0 Å². The molecule has 5 heteroatoms. The standard InChI is InChI=1S/C17H20O3SSi/c1-22(2,3)17(16(20-17)14-10-6-4-7-11-14)21(18,19)15-12-8-5-9-13-15/h4-13,16H,1-3H3/t16-,17+/m0/s1. The van der Waals surface area contributed by atoms with E-state index in [9.17, 15) is 8.42 Å². The van der Waals surface area contributed by atoms with E-state index in [1.165, 1.54) is 0 Å². The van der Waals surface area contributed by atoms with Gasteiger partial charge in [-0.1, -0.05) is 68.2 Å². The fourth-order valence-corrected chi connectivity index (χ4v) is 9.52. The zero-order valence-corrected chi connectivity index (χ0v) is 14.8. The molecule has 0 aliphatic carbocycles. The number of epoxide rings is 1. The molecule has 0 bridgehead atoms. The van der Waals surface area contributed by atoms with E-state index in [1.807, 2.05) is 36.4 Å². The first-order valence-electron chi connectivity index (χ1n) is 7.33. The van der Waals surface area contributed by atoms with Crippen molar-refractivity contribution in [3.05, 3.63) is 66.2 Å². The maximum atomic E-state index is 13.3. The minimum Gasteiger partial charge on any atom is -0.348 e. The summed E-state index contributed by atoms with van der Waals surface area (Å²) in [7, 11) is -5.69. The van der Waals surface area contributed by atoms with Crippen molar-refractivity contribution in [2.75, 3.05) is 0 Å². The third-order valence-electron chi connectivity index (χ3n) is 4.18. The van der Waals surface area contributed by atoms with Gasteiger partial charge in [0, 0.05) is 0 Å². The van der Waals surface area contributed by atoms with Gasteiger partial charge in [0.15, 0.2) is 4.56 Å². The van der Waals surface area contributed by atoms with Gasteiger partial charge in [-0.2, -0.15) is 0 Å². The second-order valence-electron chi connectivity index (χ2n) is 6.64. The molecule has 1 aliphatic heterocycles. The quantitative estimate of drug-likeness (QED) is 0.632. The van der Waals surface area contributed by atoms with E-state index in [1.54, 1.807) is 24.3 Å². The molecule has 2 aromatic rings. The van der Waals surface area contributed by atoms with Gasteiger partial charge in [-0.3, -0.25) is 0 Å². The minimum atomic E-state index is -3.54. The van der Waals surface area contributed by atoms with Crippen molar-refractivity contribution in [3.63, 3.8) is 0 Å². The Kier molecular flexibility index (Phi) is 3.55. The topological polar surface area (TPSA) is 46.7 Å². The third-order valence-corrected chi connectivity index (χ3v) is 11.3. The van der Waals surface area contributed by atoms with Crippen molar-refractivity contribution in [1.29, 1.82) is 0 Å². The summed E-state index contributed by atoms with van der Waals surface area (Å²) in [5.41, 5.74) is 0.935. The lowest BCUT2D eigenvalue weighted by atomic mass is 10.2. The molecule has 0 N–H and O–H groups in total. The molecule has 0 aromatic heterocycles. The Morgan fingerprint density at radius 2 is 1.41 bits per heavy atom. The molecule has 0 radical (unpaired) electrons. The zero-order chi connectivity index (χ0) is 16.0. The minimum absolute atomic E-state index is 0.343. The molecule has 22 heavy (non-hydrogen) atoms. The van der Waals surface area contributed by atoms with E-state index in [0.717, 1.165) is 5.56 Å². The SMILES string of the molecule is C[Si](C)(C)[C@@]1(S(=O)(=O)c2ccccc2)O[C@H]1c1ccccc1. The fourth-order valence-electron chi connectivity index (χ4n) is 3.01.